The molecule has 124 valence electrons. The summed E-state index contributed by atoms with van der Waals surface area (Å²) in [7, 11) is 0. The van der Waals surface area contributed by atoms with E-state index >= 15 is 0 Å². The molecule has 0 saturated carbocycles. The highest BCUT2D eigenvalue weighted by Gasteiger charge is 2.22. The van der Waals surface area contributed by atoms with Gasteiger partial charge in [0.15, 0.2) is 0 Å². The third kappa shape index (κ3) is 4.40. The fourth-order valence-corrected chi connectivity index (χ4v) is 4.73. The standard InChI is InChI=1S/C17H23N3OS2/c1-12-16(23-13(2)19-12)17(21)18-9-14-5-3-7-20(10-14)11-15-6-4-8-22-15/h4,6,8,14H,3,5,7,9-11H2,1-2H3,(H,18,21). The third-order valence-electron chi connectivity index (χ3n) is 4.22. The first-order valence-corrected chi connectivity index (χ1v) is 9.78. The highest BCUT2D eigenvalue weighted by atomic mass is 32.1. The lowest BCUT2D eigenvalue weighted by molar-refractivity contribution is 0.0934. The molecule has 0 radical (unpaired) electrons. The number of thiazole rings is 1. The Balaban J connectivity index is 1.50. The third-order valence-corrected chi connectivity index (χ3v) is 6.16. The molecule has 4 nitrogen and oxygen atoms in total. The van der Waals surface area contributed by atoms with Crippen molar-refractivity contribution >= 4 is 28.6 Å². The van der Waals surface area contributed by atoms with Crippen molar-refractivity contribution in [3.8, 4) is 0 Å². The number of piperidine rings is 1. The second-order valence-electron chi connectivity index (χ2n) is 6.18. The average Bonchev–Trinajstić information content (AvgIpc) is 3.14. The minimum Gasteiger partial charge on any atom is -0.351 e. The fraction of sp³-hybridized carbons (Fsp3) is 0.529. The van der Waals surface area contributed by atoms with Gasteiger partial charge in [-0.3, -0.25) is 9.69 Å². The van der Waals surface area contributed by atoms with Gasteiger partial charge in [-0.15, -0.1) is 22.7 Å². The van der Waals surface area contributed by atoms with Crippen LogP contribution in [0.3, 0.4) is 0 Å². The van der Waals surface area contributed by atoms with Crippen molar-refractivity contribution in [2.75, 3.05) is 19.6 Å². The largest absolute Gasteiger partial charge is 0.351 e. The molecular formula is C17H23N3OS2. The summed E-state index contributed by atoms with van der Waals surface area (Å²) in [4.78, 5) is 21.3. The molecule has 0 aromatic carbocycles. The highest BCUT2D eigenvalue weighted by Crippen LogP contribution is 2.21. The lowest BCUT2D eigenvalue weighted by atomic mass is 9.98. The number of nitrogens with zero attached hydrogens (tertiary/aromatic N) is 2. The number of likely N-dealkylation sites (tertiary alicyclic amines) is 1. The van der Waals surface area contributed by atoms with E-state index in [9.17, 15) is 4.79 Å². The van der Waals surface area contributed by atoms with E-state index in [4.69, 9.17) is 0 Å². The number of carbonyl (C=O) groups is 1. The maximum atomic E-state index is 12.3. The number of hydrogen-bond acceptors (Lipinski definition) is 5. The molecule has 1 unspecified atom stereocenters. The van der Waals surface area contributed by atoms with Gasteiger partial charge in [0, 0.05) is 24.5 Å². The zero-order valence-electron chi connectivity index (χ0n) is 13.7. The van der Waals surface area contributed by atoms with Crippen LogP contribution >= 0.6 is 22.7 Å². The Labute approximate surface area is 145 Å². The second-order valence-corrected chi connectivity index (χ2v) is 8.42. The van der Waals surface area contributed by atoms with Crippen LogP contribution in [0.2, 0.25) is 0 Å². The first-order valence-electron chi connectivity index (χ1n) is 8.09. The van der Waals surface area contributed by atoms with Crippen molar-refractivity contribution in [2.45, 2.75) is 33.2 Å². The van der Waals surface area contributed by atoms with E-state index in [0.717, 1.165) is 41.8 Å². The molecule has 1 aliphatic heterocycles. The van der Waals surface area contributed by atoms with Crippen LogP contribution in [-0.4, -0.2) is 35.4 Å². The van der Waals surface area contributed by atoms with Crippen molar-refractivity contribution in [3.05, 3.63) is 38.0 Å². The van der Waals surface area contributed by atoms with E-state index in [1.807, 2.05) is 25.2 Å². The van der Waals surface area contributed by atoms with Crippen molar-refractivity contribution in [3.63, 3.8) is 0 Å². The fourth-order valence-electron chi connectivity index (χ4n) is 3.14. The Morgan fingerprint density at radius 1 is 1.48 bits per heavy atom. The quantitative estimate of drug-likeness (QED) is 0.899. The van der Waals surface area contributed by atoms with Crippen LogP contribution in [0, 0.1) is 19.8 Å². The van der Waals surface area contributed by atoms with Gasteiger partial charge >= 0.3 is 0 Å². The molecule has 1 atom stereocenters. The van der Waals surface area contributed by atoms with Crippen LogP contribution in [0.25, 0.3) is 0 Å². The monoisotopic (exact) mass is 349 g/mol. The molecular weight excluding hydrogens is 326 g/mol. The minimum atomic E-state index is 0.0310. The average molecular weight is 350 g/mol. The summed E-state index contributed by atoms with van der Waals surface area (Å²) < 4.78 is 0. The van der Waals surface area contributed by atoms with Gasteiger partial charge in [0.2, 0.25) is 0 Å². The summed E-state index contributed by atoms with van der Waals surface area (Å²) in [6, 6.07) is 4.31. The number of hydrogen-bond donors (Lipinski definition) is 1. The second kappa shape index (κ2) is 7.55. The summed E-state index contributed by atoms with van der Waals surface area (Å²) in [5.74, 6) is 0.575. The Morgan fingerprint density at radius 2 is 2.35 bits per heavy atom. The number of aromatic nitrogens is 1. The van der Waals surface area contributed by atoms with E-state index in [0.29, 0.717) is 5.92 Å². The molecule has 1 fully saturated rings. The lowest BCUT2D eigenvalue weighted by Gasteiger charge is -2.32. The molecule has 0 aliphatic carbocycles. The van der Waals surface area contributed by atoms with E-state index in [2.05, 4.69) is 32.7 Å². The van der Waals surface area contributed by atoms with Gasteiger partial charge in [-0.25, -0.2) is 4.98 Å². The molecule has 1 aliphatic rings. The van der Waals surface area contributed by atoms with Gasteiger partial charge in [-0.2, -0.15) is 0 Å². The van der Waals surface area contributed by atoms with Crippen LogP contribution in [-0.2, 0) is 6.54 Å². The summed E-state index contributed by atoms with van der Waals surface area (Å²) in [6.45, 7) is 7.87. The molecule has 1 amide bonds. The van der Waals surface area contributed by atoms with Crippen molar-refractivity contribution in [1.29, 1.82) is 0 Å². The van der Waals surface area contributed by atoms with Crippen LogP contribution in [0.5, 0.6) is 0 Å². The predicted molar refractivity (Wildman–Crippen MR) is 96.2 cm³/mol. The SMILES string of the molecule is Cc1nc(C)c(C(=O)NCC2CCCN(Cc3cccs3)C2)s1. The molecule has 0 bridgehead atoms. The van der Waals surface area contributed by atoms with Crippen molar-refractivity contribution < 1.29 is 4.79 Å². The van der Waals surface area contributed by atoms with Gasteiger partial charge in [-0.1, -0.05) is 6.07 Å². The van der Waals surface area contributed by atoms with Gasteiger partial charge in [0.05, 0.1) is 10.7 Å². The first kappa shape index (κ1) is 16.6. The summed E-state index contributed by atoms with van der Waals surface area (Å²) >= 11 is 3.30. The molecule has 1 saturated heterocycles. The zero-order valence-corrected chi connectivity index (χ0v) is 15.3. The van der Waals surface area contributed by atoms with Crippen LogP contribution in [0.4, 0.5) is 0 Å². The smallest absolute Gasteiger partial charge is 0.263 e. The zero-order chi connectivity index (χ0) is 16.2. The topological polar surface area (TPSA) is 45.2 Å². The Kier molecular flexibility index (Phi) is 5.46. The van der Waals surface area contributed by atoms with E-state index in [1.54, 1.807) is 0 Å². The number of rotatable bonds is 5. The van der Waals surface area contributed by atoms with E-state index < -0.39 is 0 Å². The normalized spacial score (nSPS) is 19.0. The summed E-state index contributed by atoms with van der Waals surface area (Å²) in [5, 5.41) is 6.20. The lowest BCUT2D eigenvalue weighted by Crippen LogP contribution is -2.40. The number of thiophene rings is 1. The molecule has 1 N–H and O–H groups in total. The number of amides is 1. The van der Waals surface area contributed by atoms with Crippen LogP contribution in [0.15, 0.2) is 17.5 Å². The first-order chi connectivity index (χ1) is 11.1. The van der Waals surface area contributed by atoms with Gasteiger partial charge in [-0.05, 0) is 50.6 Å². The van der Waals surface area contributed by atoms with Crippen LogP contribution in [0.1, 0.15) is 38.1 Å². The highest BCUT2D eigenvalue weighted by molar-refractivity contribution is 7.13. The number of nitrogens with one attached hydrogen (secondary N) is 1. The van der Waals surface area contributed by atoms with Gasteiger partial charge in [0.1, 0.15) is 4.88 Å². The van der Waals surface area contributed by atoms with Crippen molar-refractivity contribution in [1.82, 2.24) is 15.2 Å². The minimum absolute atomic E-state index is 0.0310. The molecule has 23 heavy (non-hydrogen) atoms. The number of aryl methyl sites for hydroxylation is 2. The van der Waals surface area contributed by atoms with Gasteiger partial charge < -0.3 is 5.32 Å². The molecule has 0 spiro atoms. The molecule has 3 heterocycles. The van der Waals surface area contributed by atoms with Crippen molar-refractivity contribution in [2.24, 2.45) is 5.92 Å². The summed E-state index contributed by atoms with van der Waals surface area (Å²) in [6.07, 6.45) is 2.41. The summed E-state index contributed by atoms with van der Waals surface area (Å²) in [5.41, 5.74) is 0.841. The predicted octanol–water partition coefficient (Wildman–Crippen LogP) is 3.46. The maximum absolute atomic E-state index is 12.3. The molecule has 2 aromatic heterocycles. The Bertz CT molecular complexity index is 651. The van der Waals surface area contributed by atoms with E-state index in [-0.39, 0.29) is 5.91 Å². The number of carbonyl (C=O) groups excluding carboxylic acids is 1. The molecule has 2 aromatic rings. The maximum Gasteiger partial charge on any atom is 0.263 e. The molecule has 3 rings (SSSR count). The van der Waals surface area contributed by atoms with E-state index in [1.165, 1.54) is 29.1 Å². The van der Waals surface area contributed by atoms with Crippen LogP contribution < -0.4 is 5.32 Å². The van der Waals surface area contributed by atoms with Gasteiger partial charge in [0.25, 0.3) is 5.91 Å². The molecule has 6 heteroatoms. The Morgan fingerprint density at radius 3 is 3.04 bits per heavy atom. The Hall–Kier alpha value is -1.24.